The molecule has 152 valence electrons. The zero-order valence-electron chi connectivity index (χ0n) is 15.4. The molecule has 0 bridgehead atoms. The summed E-state index contributed by atoms with van der Waals surface area (Å²) in [6, 6.07) is 7.85. The van der Waals surface area contributed by atoms with E-state index in [0.717, 1.165) is 12.5 Å². The molecule has 2 amide bonds. The Bertz CT molecular complexity index is 849. The number of methoxy groups -OCH3 is 1. The van der Waals surface area contributed by atoms with Gasteiger partial charge in [-0.1, -0.05) is 24.9 Å². The van der Waals surface area contributed by atoms with Crippen LogP contribution in [-0.4, -0.2) is 25.0 Å². The van der Waals surface area contributed by atoms with Gasteiger partial charge in [0.2, 0.25) is 5.91 Å². The maximum atomic E-state index is 14.0. The number of hydrogen-bond acceptors (Lipinski definition) is 4. The number of rotatable bonds is 7. The van der Waals surface area contributed by atoms with E-state index in [2.05, 4.69) is 10.6 Å². The SMILES string of the molecule is CCCC(N)C(=O)Nc1ccc(OC)c(NC(=O)c2ccc(Cl)cc2F)c1.Cl. The number of carbonyl (C=O) groups excluding carboxylic acids is 2. The second kappa shape index (κ2) is 10.8. The molecule has 2 aromatic carbocycles. The summed E-state index contributed by atoms with van der Waals surface area (Å²) in [6.07, 6.45) is 1.34. The smallest absolute Gasteiger partial charge is 0.258 e. The van der Waals surface area contributed by atoms with E-state index in [-0.39, 0.29) is 34.6 Å². The fourth-order valence-corrected chi connectivity index (χ4v) is 2.58. The summed E-state index contributed by atoms with van der Waals surface area (Å²) in [5.41, 5.74) is 6.34. The minimum Gasteiger partial charge on any atom is -0.495 e. The van der Waals surface area contributed by atoms with Crippen LogP contribution in [0.3, 0.4) is 0 Å². The lowest BCUT2D eigenvalue weighted by molar-refractivity contribution is -0.117. The summed E-state index contributed by atoms with van der Waals surface area (Å²) in [5, 5.41) is 5.45. The molecule has 9 heteroatoms. The number of nitrogens with two attached hydrogens (primary N) is 1. The van der Waals surface area contributed by atoms with Gasteiger partial charge in [0.15, 0.2) is 0 Å². The zero-order valence-corrected chi connectivity index (χ0v) is 17.0. The number of amides is 2. The van der Waals surface area contributed by atoms with Crippen LogP contribution in [0.1, 0.15) is 30.1 Å². The molecule has 0 aliphatic rings. The Balaban J connectivity index is 0.00000392. The number of ether oxygens (including phenoxy) is 1. The molecule has 2 aromatic rings. The second-order valence-electron chi connectivity index (χ2n) is 5.88. The number of anilines is 2. The molecular weight excluding hydrogens is 408 g/mol. The van der Waals surface area contributed by atoms with Crippen LogP contribution in [-0.2, 0) is 4.79 Å². The third kappa shape index (κ3) is 6.09. The number of benzene rings is 2. The molecule has 0 spiro atoms. The number of nitrogens with one attached hydrogen (secondary N) is 2. The summed E-state index contributed by atoms with van der Waals surface area (Å²) in [6.45, 7) is 1.93. The largest absolute Gasteiger partial charge is 0.495 e. The molecule has 1 unspecified atom stereocenters. The van der Waals surface area contributed by atoms with Crippen molar-refractivity contribution in [3.05, 3.63) is 52.8 Å². The summed E-state index contributed by atoms with van der Waals surface area (Å²) in [4.78, 5) is 24.5. The Morgan fingerprint density at radius 3 is 2.54 bits per heavy atom. The maximum Gasteiger partial charge on any atom is 0.258 e. The van der Waals surface area contributed by atoms with Gasteiger partial charge in [-0.2, -0.15) is 0 Å². The van der Waals surface area contributed by atoms with Crippen molar-refractivity contribution in [2.24, 2.45) is 5.73 Å². The molecule has 28 heavy (non-hydrogen) atoms. The minimum absolute atomic E-state index is 0. The molecule has 2 rings (SSSR count). The lowest BCUT2D eigenvalue weighted by Gasteiger charge is -2.15. The highest BCUT2D eigenvalue weighted by Gasteiger charge is 2.17. The summed E-state index contributed by atoms with van der Waals surface area (Å²) in [7, 11) is 1.43. The number of halogens is 3. The maximum absolute atomic E-state index is 14.0. The van der Waals surface area contributed by atoms with Crippen LogP contribution in [0.15, 0.2) is 36.4 Å². The Morgan fingerprint density at radius 2 is 1.93 bits per heavy atom. The van der Waals surface area contributed by atoms with Crippen LogP contribution in [0, 0.1) is 5.82 Å². The van der Waals surface area contributed by atoms with Gasteiger partial charge in [-0.15, -0.1) is 12.4 Å². The van der Waals surface area contributed by atoms with E-state index in [4.69, 9.17) is 22.1 Å². The highest BCUT2D eigenvalue weighted by atomic mass is 35.5. The van der Waals surface area contributed by atoms with Crippen molar-refractivity contribution in [1.29, 1.82) is 0 Å². The van der Waals surface area contributed by atoms with Crippen LogP contribution < -0.4 is 21.1 Å². The van der Waals surface area contributed by atoms with Gasteiger partial charge in [-0.05, 0) is 42.8 Å². The number of carbonyl (C=O) groups is 2. The number of hydrogen-bond donors (Lipinski definition) is 3. The quantitative estimate of drug-likeness (QED) is 0.613. The van der Waals surface area contributed by atoms with Crippen molar-refractivity contribution < 1.29 is 18.7 Å². The van der Waals surface area contributed by atoms with Crippen molar-refractivity contribution in [3.63, 3.8) is 0 Å². The van der Waals surface area contributed by atoms with E-state index in [1.807, 2.05) is 6.92 Å². The van der Waals surface area contributed by atoms with E-state index in [9.17, 15) is 14.0 Å². The average Bonchev–Trinajstić information content (AvgIpc) is 2.62. The molecule has 0 fully saturated rings. The summed E-state index contributed by atoms with van der Waals surface area (Å²) in [5.74, 6) is -1.39. The second-order valence-corrected chi connectivity index (χ2v) is 6.31. The lowest BCUT2D eigenvalue weighted by Crippen LogP contribution is -2.35. The van der Waals surface area contributed by atoms with Gasteiger partial charge in [0, 0.05) is 10.7 Å². The molecule has 0 aliphatic heterocycles. The van der Waals surface area contributed by atoms with Gasteiger partial charge < -0.3 is 21.1 Å². The first-order chi connectivity index (χ1) is 12.8. The molecule has 0 aliphatic carbocycles. The van der Waals surface area contributed by atoms with Crippen molar-refractivity contribution >= 4 is 47.2 Å². The van der Waals surface area contributed by atoms with Crippen LogP contribution in [0.5, 0.6) is 5.75 Å². The molecule has 0 saturated carbocycles. The molecule has 0 saturated heterocycles. The minimum atomic E-state index is -0.742. The standard InChI is InChI=1S/C19H21ClFN3O3.ClH/c1-3-4-15(22)19(26)23-12-6-8-17(27-2)16(10-12)24-18(25)13-7-5-11(20)9-14(13)21;/h5-10,15H,3-4,22H2,1-2H3,(H,23,26)(H,24,25);1H. The molecule has 0 aromatic heterocycles. The molecular formula is C19H22Cl2FN3O3. The van der Waals surface area contributed by atoms with Gasteiger partial charge in [0.05, 0.1) is 24.4 Å². The molecule has 0 radical (unpaired) electrons. The third-order valence-corrected chi connectivity index (χ3v) is 4.06. The fourth-order valence-electron chi connectivity index (χ4n) is 2.42. The lowest BCUT2D eigenvalue weighted by atomic mass is 10.1. The van der Waals surface area contributed by atoms with Crippen LogP contribution in [0.2, 0.25) is 5.02 Å². The van der Waals surface area contributed by atoms with Crippen LogP contribution >= 0.6 is 24.0 Å². The van der Waals surface area contributed by atoms with Crippen LogP contribution in [0.25, 0.3) is 0 Å². The van der Waals surface area contributed by atoms with E-state index in [1.165, 1.54) is 25.3 Å². The van der Waals surface area contributed by atoms with Gasteiger partial charge in [0.25, 0.3) is 5.91 Å². The van der Waals surface area contributed by atoms with Gasteiger partial charge in [-0.25, -0.2) is 4.39 Å². The molecule has 4 N–H and O–H groups in total. The normalized spacial score (nSPS) is 11.2. The van der Waals surface area contributed by atoms with Crippen molar-refractivity contribution in [2.75, 3.05) is 17.7 Å². The Kier molecular flexibility index (Phi) is 9.18. The van der Waals surface area contributed by atoms with Crippen molar-refractivity contribution in [1.82, 2.24) is 0 Å². The molecule has 1 atom stereocenters. The monoisotopic (exact) mass is 429 g/mol. The fraction of sp³-hybridized carbons (Fsp3) is 0.263. The highest BCUT2D eigenvalue weighted by Crippen LogP contribution is 2.29. The van der Waals surface area contributed by atoms with E-state index in [0.29, 0.717) is 17.9 Å². The average molecular weight is 430 g/mol. The summed E-state index contributed by atoms with van der Waals surface area (Å²) >= 11 is 5.70. The van der Waals surface area contributed by atoms with E-state index >= 15 is 0 Å². The topological polar surface area (TPSA) is 93.5 Å². The first-order valence-electron chi connectivity index (χ1n) is 8.36. The Labute approximate surface area is 174 Å². The van der Waals surface area contributed by atoms with Gasteiger partial charge in [0.1, 0.15) is 11.6 Å². The van der Waals surface area contributed by atoms with Gasteiger partial charge in [-0.3, -0.25) is 9.59 Å². The predicted molar refractivity (Wildman–Crippen MR) is 111 cm³/mol. The van der Waals surface area contributed by atoms with E-state index < -0.39 is 17.8 Å². The molecule has 0 heterocycles. The molecule has 6 nitrogen and oxygen atoms in total. The Hall–Kier alpha value is -2.35. The Morgan fingerprint density at radius 1 is 1.21 bits per heavy atom. The third-order valence-electron chi connectivity index (χ3n) is 3.83. The van der Waals surface area contributed by atoms with Gasteiger partial charge >= 0.3 is 0 Å². The van der Waals surface area contributed by atoms with Crippen LogP contribution in [0.4, 0.5) is 15.8 Å². The first-order valence-corrected chi connectivity index (χ1v) is 8.74. The van der Waals surface area contributed by atoms with Crippen molar-refractivity contribution in [2.45, 2.75) is 25.8 Å². The van der Waals surface area contributed by atoms with E-state index in [1.54, 1.807) is 12.1 Å². The first kappa shape index (κ1) is 23.7. The predicted octanol–water partition coefficient (Wildman–Crippen LogP) is 4.23. The van der Waals surface area contributed by atoms with Crippen molar-refractivity contribution in [3.8, 4) is 5.75 Å². The summed E-state index contributed by atoms with van der Waals surface area (Å²) < 4.78 is 19.2. The highest BCUT2D eigenvalue weighted by molar-refractivity contribution is 6.30. The zero-order chi connectivity index (χ0) is 20.0.